The molecule has 0 spiro atoms. The van der Waals surface area contributed by atoms with Crippen LogP contribution in [0.1, 0.15) is 23.5 Å². The largest absolute Gasteiger partial charge is 0.378 e. The molecule has 2 fully saturated rings. The molecule has 2 saturated heterocycles. The normalized spacial score (nSPS) is 20.0. The first-order chi connectivity index (χ1) is 17.7. The zero-order valence-corrected chi connectivity index (χ0v) is 20.4. The molecule has 1 N–H and O–H groups in total. The molecule has 0 radical (unpaired) electrons. The minimum absolute atomic E-state index is 0.181. The molecule has 2 aliphatic rings. The van der Waals surface area contributed by atoms with Crippen LogP contribution in [0.15, 0.2) is 91.3 Å². The van der Waals surface area contributed by atoms with E-state index in [0.29, 0.717) is 5.11 Å². The van der Waals surface area contributed by atoms with Crippen LogP contribution >= 0.6 is 12.2 Å². The van der Waals surface area contributed by atoms with E-state index in [1.54, 1.807) is 18.3 Å². The highest BCUT2D eigenvalue weighted by molar-refractivity contribution is 7.80. The van der Waals surface area contributed by atoms with E-state index in [9.17, 15) is 4.39 Å². The highest BCUT2D eigenvalue weighted by Gasteiger charge is 2.42. The number of hydrogen-bond donors (Lipinski definition) is 1. The van der Waals surface area contributed by atoms with Crippen LogP contribution in [0.5, 0.6) is 0 Å². The van der Waals surface area contributed by atoms with Crippen molar-refractivity contribution in [1.82, 2.24) is 14.9 Å². The molecule has 0 bridgehead atoms. The van der Waals surface area contributed by atoms with Gasteiger partial charge in [-0.2, -0.15) is 0 Å². The summed E-state index contributed by atoms with van der Waals surface area (Å²) >= 11 is 5.88. The number of halogens is 1. The number of pyridine rings is 1. The van der Waals surface area contributed by atoms with E-state index in [4.69, 9.17) is 17.0 Å². The Morgan fingerprint density at radius 1 is 0.889 bits per heavy atom. The van der Waals surface area contributed by atoms with E-state index in [2.05, 4.69) is 50.4 Å². The van der Waals surface area contributed by atoms with Gasteiger partial charge in [0.1, 0.15) is 11.9 Å². The summed E-state index contributed by atoms with van der Waals surface area (Å²) in [5, 5.41) is 4.13. The van der Waals surface area contributed by atoms with Gasteiger partial charge in [-0.25, -0.2) is 4.39 Å². The molecule has 2 atom stereocenters. The number of hydrogen-bond acceptors (Lipinski definition) is 4. The first-order valence-electron chi connectivity index (χ1n) is 12.1. The molecule has 6 nitrogen and oxygen atoms in total. The van der Waals surface area contributed by atoms with Gasteiger partial charge in [0, 0.05) is 48.2 Å². The molecular formula is C28H26FN5OS. The number of aromatic nitrogens is 2. The van der Waals surface area contributed by atoms with Gasteiger partial charge < -0.3 is 24.4 Å². The molecule has 0 amide bonds. The summed E-state index contributed by atoms with van der Waals surface area (Å²) in [6.07, 6.45) is 3.75. The number of ether oxygens (including phenoxy) is 1. The fourth-order valence-electron chi connectivity index (χ4n) is 5.08. The third-order valence-electron chi connectivity index (χ3n) is 6.77. The molecule has 2 aliphatic heterocycles. The summed E-state index contributed by atoms with van der Waals surface area (Å²) in [5.41, 5.74) is 4.79. The van der Waals surface area contributed by atoms with Crippen molar-refractivity contribution < 1.29 is 9.13 Å². The summed E-state index contributed by atoms with van der Waals surface area (Å²) in [4.78, 5) is 9.11. The number of rotatable bonds is 5. The van der Waals surface area contributed by atoms with Crippen LogP contribution in [-0.2, 0) is 4.74 Å². The zero-order chi connectivity index (χ0) is 24.5. The second-order valence-corrected chi connectivity index (χ2v) is 9.28. The Morgan fingerprint density at radius 2 is 1.69 bits per heavy atom. The molecule has 2 unspecified atom stereocenters. The monoisotopic (exact) mass is 499 g/mol. The van der Waals surface area contributed by atoms with Crippen LogP contribution in [-0.4, -0.2) is 41.0 Å². The van der Waals surface area contributed by atoms with E-state index >= 15 is 0 Å². The molecule has 2 aromatic heterocycles. The number of anilines is 2. The third-order valence-corrected chi connectivity index (χ3v) is 7.09. The molecule has 182 valence electrons. The van der Waals surface area contributed by atoms with Gasteiger partial charge in [0.05, 0.1) is 24.9 Å². The van der Waals surface area contributed by atoms with E-state index in [-0.39, 0.29) is 17.9 Å². The fourth-order valence-corrected chi connectivity index (χ4v) is 5.42. The zero-order valence-electron chi connectivity index (χ0n) is 19.6. The summed E-state index contributed by atoms with van der Waals surface area (Å²) in [7, 11) is 0. The Bertz CT molecular complexity index is 1350. The maximum absolute atomic E-state index is 14.1. The lowest BCUT2D eigenvalue weighted by Crippen LogP contribution is -2.36. The van der Waals surface area contributed by atoms with Gasteiger partial charge in [-0.05, 0) is 78.9 Å². The van der Waals surface area contributed by atoms with Gasteiger partial charge >= 0.3 is 0 Å². The Morgan fingerprint density at radius 3 is 2.44 bits per heavy atom. The van der Waals surface area contributed by atoms with Gasteiger partial charge in [-0.1, -0.05) is 12.1 Å². The van der Waals surface area contributed by atoms with Crippen LogP contribution in [0, 0.1) is 5.82 Å². The van der Waals surface area contributed by atoms with E-state index in [1.807, 2.05) is 41.1 Å². The van der Waals surface area contributed by atoms with Crippen LogP contribution in [0.25, 0.3) is 5.69 Å². The van der Waals surface area contributed by atoms with Gasteiger partial charge in [0.2, 0.25) is 0 Å². The lowest BCUT2D eigenvalue weighted by Gasteiger charge is -2.31. The molecule has 4 heterocycles. The van der Waals surface area contributed by atoms with Gasteiger partial charge in [-0.3, -0.25) is 4.98 Å². The van der Waals surface area contributed by atoms with Crippen molar-refractivity contribution in [2.75, 3.05) is 36.1 Å². The minimum Gasteiger partial charge on any atom is -0.378 e. The molecular weight excluding hydrogens is 473 g/mol. The quantitative estimate of drug-likeness (QED) is 0.389. The summed E-state index contributed by atoms with van der Waals surface area (Å²) in [6.45, 7) is 3.25. The van der Waals surface area contributed by atoms with Crippen molar-refractivity contribution in [3.05, 3.63) is 108 Å². The predicted molar refractivity (Wildman–Crippen MR) is 143 cm³/mol. The van der Waals surface area contributed by atoms with Crippen molar-refractivity contribution in [3.63, 3.8) is 0 Å². The highest BCUT2D eigenvalue weighted by atomic mass is 32.1. The van der Waals surface area contributed by atoms with Crippen LogP contribution < -0.4 is 15.1 Å². The Labute approximate surface area is 214 Å². The van der Waals surface area contributed by atoms with Gasteiger partial charge in [0.15, 0.2) is 5.11 Å². The number of nitrogens with one attached hydrogen (secondary N) is 1. The molecule has 36 heavy (non-hydrogen) atoms. The third kappa shape index (κ3) is 4.23. The van der Waals surface area contributed by atoms with Crippen molar-refractivity contribution in [3.8, 4) is 5.69 Å². The average molecular weight is 500 g/mol. The molecule has 0 saturated carbocycles. The SMILES string of the molecule is Fc1cccc(-n2cccc2C2C(c3ccccn3)NC(=S)N2c2ccc(N3CCOCC3)cc2)c1. The fraction of sp³-hybridized carbons (Fsp3) is 0.214. The molecule has 6 rings (SSSR count). The highest BCUT2D eigenvalue weighted by Crippen LogP contribution is 2.42. The second kappa shape index (κ2) is 9.72. The molecule has 8 heteroatoms. The van der Waals surface area contributed by atoms with Crippen LogP contribution in [0.3, 0.4) is 0 Å². The molecule has 2 aromatic carbocycles. The number of thiocarbonyl (C=S) groups is 1. The topological polar surface area (TPSA) is 45.6 Å². The first kappa shape index (κ1) is 22.7. The first-order valence-corrected chi connectivity index (χ1v) is 12.5. The van der Waals surface area contributed by atoms with Crippen molar-refractivity contribution in [2.24, 2.45) is 0 Å². The summed E-state index contributed by atoms with van der Waals surface area (Å²) in [5.74, 6) is -0.274. The smallest absolute Gasteiger partial charge is 0.174 e. The van der Waals surface area contributed by atoms with E-state index < -0.39 is 0 Å². The number of benzene rings is 2. The summed E-state index contributed by atoms with van der Waals surface area (Å²) < 4.78 is 21.6. The average Bonchev–Trinajstić information content (AvgIpc) is 3.54. The minimum atomic E-state index is -0.274. The van der Waals surface area contributed by atoms with Gasteiger partial charge in [0.25, 0.3) is 0 Å². The second-order valence-electron chi connectivity index (χ2n) is 8.90. The number of morpholine rings is 1. The summed E-state index contributed by atoms with van der Waals surface area (Å²) in [6, 6.07) is 24.7. The lowest BCUT2D eigenvalue weighted by atomic mass is 10.0. The molecule has 4 aromatic rings. The maximum atomic E-state index is 14.1. The number of nitrogens with zero attached hydrogens (tertiary/aromatic N) is 4. The lowest BCUT2D eigenvalue weighted by molar-refractivity contribution is 0.122. The van der Waals surface area contributed by atoms with Gasteiger partial charge in [-0.15, -0.1) is 0 Å². The van der Waals surface area contributed by atoms with E-state index in [1.165, 1.54) is 11.8 Å². The Kier molecular flexibility index (Phi) is 6.13. The predicted octanol–water partition coefficient (Wildman–Crippen LogP) is 5.03. The maximum Gasteiger partial charge on any atom is 0.174 e. The van der Waals surface area contributed by atoms with Crippen LogP contribution in [0.2, 0.25) is 0 Å². The van der Waals surface area contributed by atoms with Crippen LogP contribution in [0.4, 0.5) is 15.8 Å². The van der Waals surface area contributed by atoms with E-state index in [0.717, 1.165) is 49.1 Å². The molecule has 0 aliphatic carbocycles. The Balaban J connectivity index is 1.42. The Hall–Kier alpha value is -3.75. The van der Waals surface area contributed by atoms with Crippen molar-refractivity contribution in [1.29, 1.82) is 0 Å². The van der Waals surface area contributed by atoms with Crippen molar-refractivity contribution in [2.45, 2.75) is 12.1 Å². The standard InChI is InChI=1S/C28H26FN5OS/c29-20-5-3-6-23(19-20)33-14-4-8-25(33)27-26(24-7-1-2-13-30-24)31-28(36)34(27)22-11-9-21(10-12-22)32-15-17-35-18-16-32/h1-14,19,26-27H,15-18H2,(H,31,36). The van der Waals surface area contributed by atoms with Crippen molar-refractivity contribution >= 4 is 28.7 Å².